The lowest BCUT2D eigenvalue weighted by Gasteiger charge is -2.27. The summed E-state index contributed by atoms with van der Waals surface area (Å²) in [5.74, 6) is -0.480. The van der Waals surface area contributed by atoms with Gasteiger partial charge < -0.3 is 19.4 Å². The number of esters is 1. The molecule has 2 N–H and O–H groups in total. The maximum absolute atomic E-state index is 13.6. The summed E-state index contributed by atoms with van der Waals surface area (Å²) < 4.78 is 30.8. The van der Waals surface area contributed by atoms with Crippen LogP contribution in [0, 0.1) is 0 Å². The van der Waals surface area contributed by atoms with Crippen LogP contribution in [0.25, 0.3) is 0 Å². The quantitative estimate of drug-likeness (QED) is 0.0205. The van der Waals surface area contributed by atoms with Gasteiger partial charge in [0.1, 0.15) is 19.3 Å². The van der Waals surface area contributed by atoms with Gasteiger partial charge in [-0.2, -0.15) is 0 Å². The number of rotatable bonds is 64. The molecule has 0 rings (SSSR count). The second kappa shape index (κ2) is 58.9. The number of unbranched alkanes of at least 4 members (excludes halogenated alkanes) is 48. The van der Waals surface area contributed by atoms with Gasteiger partial charge in [0.25, 0.3) is 0 Å². The second-order valence-electron chi connectivity index (χ2n) is 25.1. The smallest absolute Gasteiger partial charge is 0.456 e. The van der Waals surface area contributed by atoms with Crippen molar-refractivity contribution in [3.8, 4) is 0 Å². The van der Waals surface area contributed by atoms with Crippen molar-refractivity contribution in [2.75, 3.05) is 40.9 Å². The average Bonchev–Trinajstić information content (AvgIpc) is 3.40. The van der Waals surface area contributed by atoms with Crippen LogP contribution >= 0.6 is 7.82 Å². The molecule has 78 heavy (non-hydrogen) atoms. The number of quaternary nitrogens is 1. The zero-order chi connectivity index (χ0) is 57.2. The highest BCUT2D eigenvalue weighted by Gasteiger charge is 2.30. The van der Waals surface area contributed by atoms with Gasteiger partial charge in [-0.3, -0.25) is 18.6 Å². The first-order valence-corrected chi connectivity index (χ1v) is 36.0. The number of nitrogens with zero attached hydrogens (tertiary/aromatic N) is 1. The fourth-order valence-corrected chi connectivity index (χ4v) is 11.4. The molecule has 0 aliphatic heterocycles. The highest BCUT2D eigenvalue weighted by atomic mass is 31.2. The Balaban J connectivity index is 4.97. The van der Waals surface area contributed by atoms with E-state index in [4.69, 9.17) is 13.8 Å². The zero-order valence-corrected chi connectivity index (χ0v) is 54.1. The summed E-state index contributed by atoms with van der Waals surface area (Å²) in [6.07, 6.45) is 69.4. The van der Waals surface area contributed by atoms with Crippen molar-refractivity contribution in [2.24, 2.45) is 0 Å². The van der Waals surface area contributed by atoms with Crippen molar-refractivity contribution in [1.29, 1.82) is 0 Å². The molecule has 0 saturated carbocycles. The van der Waals surface area contributed by atoms with E-state index >= 15 is 0 Å². The monoisotopic (exact) mass is 1120 g/mol. The van der Waals surface area contributed by atoms with Crippen molar-refractivity contribution in [3.05, 3.63) is 12.2 Å². The number of carbonyl (C=O) groups excluding carboxylic acids is 2. The van der Waals surface area contributed by atoms with E-state index in [1.165, 1.54) is 270 Å². The molecule has 0 bridgehead atoms. The highest BCUT2D eigenvalue weighted by Crippen LogP contribution is 2.43. The van der Waals surface area contributed by atoms with Gasteiger partial charge in [0.05, 0.1) is 33.8 Å². The molecule has 9 nitrogen and oxygen atoms in total. The maximum atomic E-state index is 13.6. The largest absolute Gasteiger partial charge is 0.472 e. The Bertz CT molecular complexity index is 1340. The Labute approximate surface area is 486 Å². The third kappa shape index (κ3) is 59.4. The maximum Gasteiger partial charge on any atom is 0.472 e. The summed E-state index contributed by atoms with van der Waals surface area (Å²) in [5.41, 5.74) is 0. The molecule has 10 heteroatoms. The molecule has 1 amide bonds. The van der Waals surface area contributed by atoms with E-state index in [0.29, 0.717) is 23.9 Å². The van der Waals surface area contributed by atoms with Crippen molar-refractivity contribution in [3.63, 3.8) is 0 Å². The Kier molecular flexibility index (Phi) is 58.0. The van der Waals surface area contributed by atoms with Crippen molar-refractivity contribution in [1.82, 2.24) is 5.32 Å². The normalized spacial score (nSPS) is 13.6. The predicted octanol–water partition coefficient (Wildman–Crippen LogP) is 21.5. The zero-order valence-electron chi connectivity index (χ0n) is 53.2. The topological polar surface area (TPSA) is 111 Å². The van der Waals surface area contributed by atoms with Crippen LogP contribution in [-0.2, 0) is 27.9 Å². The average molecular weight is 1120 g/mol. The van der Waals surface area contributed by atoms with Crippen molar-refractivity contribution < 1.29 is 37.3 Å². The SMILES string of the molecule is CCCCCCCCCCC/C=C\C(OC(=O)CCCCCCCCCCCCCCCCCCCCCCCCCCC)C(COP(=O)(O)OCC[N+](C)(C)C)NC(=O)CCCCCCCCCCCCCCCCCC. The Morgan fingerprint density at radius 3 is 1.05 bits per heavy atom. The fourth-order valence-electron chi connectivity index (χ4n) is 10.7. The Morgan fingerprint density at radius 1 is 0.436 bits per heavy atom. The van der Waals surface area contributed by atoms with Gasteiger partial charge in [-0.05, 0) is 31.8 Å². The number of carbonyl (C=O) groups is 2. The van der Waals surface area contributed by atoms with Gasteiger partial charge in [0.2, 0.25) is 5.91 Å². The molecule has 0 fully saturated rings. The number of phosphoric ester groups is 1. The summed E-state index contributed by atoms with van der Waals surface area (Å²) in [4.78, 5) is 37.8. The molecule has 0 heterocycles. The molecule has 0 saturated heterocycles. The van der Waals surface area contributed by atoms with E-state index in [1.54, 1.807) is 0 Å². The Morgan fingerprint density at radius 2 is 0.731 bits per heavy atom. The number of nitrogens with one attached hydrogen (secondary N) is 1. The fraction of sp³-hybridized carbons (Fsp3) is 0.941. The number of allylic oxidation sites excluding steroid dienone is 1. The van der Waals surface area contributed by atoms with Crippen LogP contribution < -0.4 is 5.32 Å². The summed E-state index contributed by atoms with van der Waals surface area (Å²) >= 11 is 0. The molecule has 0 spiro atoms. The summed E-state index contributed by atoms with van der Waals surface area (Å²) in [7, 11) is 1.52. The van der Waals surface area contributed by atoms with Crippen LogP contribution in [0.4, 0.5) is 0 Å². The predicted molar refractivity (Wildman–Crippen MR) is 337 cm³/mol. The van der Waals surface area contributed by atoms with Gasteiger partial charge >= 0.3 is 13.8 Å². The number of hydrogen-bond acceptors (Lipinski definition) is 6. The molecular formula is C68H136N2O7P+. The minimum absolute atomic E-state index is 0.0459. The third-order valence-corrected chi connectivity index (χ3v) is 17.0. The molecule has 0 aromatic carbocycles. The molecular weight excluding hydrogens is 988 g/mol. The molecule has 0 aromatic heterocycles. The first-order chi connectivity index (χ1) is 37.9. The number of likely N-dealkylation sites (N-methyl/N-ethyl adjacent to an activating group) is 1. The molecule has 0 aliphatic rings. The van der Waals surface area contributed by atoms with E-state index < -0.39 is 20.0 Å². The van der Waals surface area contributed by atoms with Crippen LogP contribution in [0.5, 0.6) is 0 Å². The summed E-state index contributed by atoms with van der Waals surface area (Å²) in [6, 6.07) is -0.839. The minimum atomic E-state index is -4.44. The first-order valence-electron chi connectivity index (χ1n) is 34.5. The van der Waals surface area contributed by atoms with Crippen LogP contribution in [0.15, 0.2) is 12.2 Å². The van der Waals surface area contributed by atoms with Gasteiger partial charge in [0, 0.05) is 12.8 Å². The Hall–Kier alpha value is -1.25. The molecule has 3 atom stereocenters. The minimum Gasteiger partial charge on any atom is -0.456 e. The highest BCUT2D eigenvalue weighted by molar-refractivity contribution is 7.47. The van der Waals surface area contributed by atoms with E-state index in [1.807, 2.05) is 33.3 Å². The lowest BCUT2D eigenvalue weighted by molar-refractivity contribution is -0.870. The molecule has 0 aliphatic carbocycles. The number of phosphoric acid groups is 1. The third-order valence-electron chi connectivity index (χ3n) is 16.0. The standard InChI is InChI=1S/C68H135N2O7P/c1-7-10-13-16-19-22-25-27-29-31-32-33-34-35-36-37-38-39-41-43-46-49-52-55-58-61-68(72)77-66(59-56-53-50-47-44-24-21-18-15-12-9-3)65(64-76-78(73,74)75-63-62-70(4,5)6)69-67(71)60-57-54-51-48-45-42-40-30-28-26-23-20-17-14-11-8-2/h56,59,65-66H,7-55,57-58,60-64H2,1-6H3,(H-,69,71,73,74)/p+1/b59-56-. The van der Waals surface area contributed by atoms with Gasteiger partial charge in [-0.25, -0.2) is 4.57 Å². The van der Waals surface area contributed by atoms with E-state index in [2.05, 4.69) is 26.1 Å². The summed E-state index contributed by atoms with van der Waals surface area (Å²) in [5, 5.41) is 3.07. The second-order valence-corrected chi connectivity index (χ2v) is 26.5. The molecule has 0 radical (unpaired) electrons. The van der Waals surface area contributed by atoms with Crippen LogP contribution in [-0.4, -0.2) is 74.3 Å². The number of amides is 1. The molecule has 464 valence electrons. The van der Waals surface area contributed by atoms with Gasteiger partial charge in [0.15, 0.2) is 0 Å². The molecule has 3 unspecified atom stereocenters. The van der Waals surface area contributed by atoms with Gasteiger partial charge in [-0.1, -0.05) is 329 Å². The molecule has 0 aromatic rings. The van der Waals surface area contributed by atoms with E-state index in [9.17, 15) is 19.0 Å². The van der Waals surface area contributed by atoms with Gasteiger partial charge in [-0.15, -0.1) is 0 Å². The van der Waals surface area contributed by atoms with Crippen molar-refractivity contribution >= 4 is 19.7 Å². The number of hydrogen-bond donors (Lipinski definition) is 2. The van der Waals surface area contributed by atoms with Crippen molar-refractivity contribution in [2.45, 2.75) is 373 Å². The summed E-state index contributed by atoms with van der Waals surface area (Å²) in [6.45, 7) is 7.08. The lowest BCUT2D eigenvalue weighted by Crippen LogP contribution is -2.47. The number of ether oxygens (including phenoxy) is 1. The van der Waals surface area contributed by atoms with Crippen LogP contribution in [0.1, 0.15) is 361 Å². The van der Waals surface area contributed by atoms with E-state index in [-0.39, 0.29) is 25.1 Å². The van der Waals surface area contributed by atoms with Crippen LogP contribution in [0.3, 0.4) is 0 Å². The lowest BCUT2D eigenvalue weighted by atomic mass is 10.0. The van der Waals surface area contributed by atoms with E-state index in [0.717, 1.165) is 57.8 Å². The first kappa shape index (κ1) is 76.8. The van der Waals surface area contributed by atoms with Crippen LogP contribution in [0.2, 0.25) is 0 Å².